The van der Waals surface area contributed by atoms with E-state index in [-0.39, 0.29) is 6.42 Å². The minimum Gasteiger partial charge on any atom is -0.394 e. The molecule has 1 heterocycles. The van der Waals surface area contributed by atoms with Crippen LogP contribution in [0.5, 0.6) is 0 Å². The van der Waals surface area contributed by atoms with Crippen LogP contribution in [0.3, 0.4) is 0 Å². The highest BCUT2D eigenvalue weighted by molar-refractivity contribution is 5.80. The Hall–Kier alpha value is -1.41. The van der Waals surface area contributed by atoms with Crippen LogP contribution in [0.25, 0.3) is 0 Å². The summed E-state index contributed by atoms with van der Waals surface area (Å²) in [5, 5.41) is 76.3. The summed E-state index contributed by atoms with van der Waals surface area (Å²) in [6.07, 6.45) is 50.9. The lowest BCUT2D eigenvalue weighted by Crippen LogP contribution is -2.60. The summed E-state index contributed by atoms with van der Waals surface area (Å²) < 4.78 is 11.2. The first kappa shape index (κ1) is 69.6. The number of aliphatic hydroxyl groups is 7. The zero-order valence-electron chi connectivity index (χ0n) is 47.4. The zero-order chi connectivity index (χ0) is 53.3. The molecule has 0 aromatic rings. The number of nitrogens with one attached hydrogen (secondary N) is 1. The third-order valence-corrected chi connectivity index (χ3v) is 15.3. The van der Waals surface area contributed by atoms with Crippen LogP contribution in [0.2, 0.25) is 0 Å². The molecule has 73 heavy (non-hydrogen) atoms. The van der Waals surface area contributed by atoms with Crippen molar-refractivity contribution >= 4 is 5.91 Å². The van der Waals surface area contributed by atoms with Crippen molar-refractivity contribution in [1.29, 1.82) is 0 Å². The Morgan fingerprint density at radius 1 is 0.493 bits per heavy atom. The molecule has 1 fully saturated rings. The summed E-state index contributed by atoms with van der Waals surface area (Å²) in [5.74, 6) is -0.693. The summed E-state index contributed by atoms with van der Waals surface area (Å²) in [6, 6.07) is -1.17. The van der Waals surface area contributed by atoms with Crippen molar-refractivity contribution in [3.63, 3.8) is 0 Å². The van der Waals surface area contributed by atoms with E-state index < -0.39 is 74.2 Å². The van der Waals surface area contributed by atoms with Crippen LogP contribution < -0.4 is 5.32 Å². The molecule has 0 aliphatic carbocycles. The Morgan fingerprint density at radius 2 is 0.877 bits per heavy atom. The maximum Gasteiger partial charge on any atom is 0.249 e. The average molecular weight is 1040 g/mol. The average Bonchev–Trinajstić information content (AvgIpc) is 3.39. The van der Waals surface area contributed by atoms with Gasteiger partial charge in [-0.1, -0.05) is 282 Å². The molecular weight excluding hydrogens is 919 g/mol. The number of unbranched alkanes of at least 4 members (excludes halogenated alkanes) is 38. The number of hydrogen-bond acceptors (Lipinski definition) is 10. The van der Waals surface area contributed by atoms with Crippen molar-refractivity contribution in [3.05, 3.63) is 24.3 Å². The van der Waals surface area contributed by atoms with Crippen molar-refractivity contribution < 1.29 is 50.0 Å². The number of hydrogen-bond donors (Lipinski definition) is 8. The Morgan fingerprint density at radius 3 is 1.29 bits per heavy atom. The van der Waals surface area contributed by atoms with Gasteiger partial charge in [-0.05, 0) is 38.5 Å². The number of ether oxygens (including phenoxy) is 2. The highest BCUT2D eigenvalue weighted by atomic mass is 16.7. The van der Waals surface area contributed by atoms with Crippen LogP contribution in [-0.4, -0.2) is 110 Å². The topological polar surface area (TPSA) is 189 Å². The Labute approximate surface area is 448 Å². The smallest absolute Gasteiger partial charge is 0.249 e. The monoisotopic (exact) mass is 1040 g/mol. The summed E-state index contributed by atoms with van der Waals surface area (Å²) in [5.41, 5.74) is 0. The Bertz CT molecular complexity index is 1240. The number of rotatable bonds is 54. The fraction of sp³-hybridized carbons (Fsp3) is 0.919. The van der Waals surface area contributed by atoms with Crippen LogP contribution in [-0.2, 0) is 14.3 Å². The Kier molecular flexibility index (Phi) is 49.0. The first-order valence-corrected chi connectivity index (χ1v) is 31.2. The maximum atomic E-state index is 13.2. The number of carbonyl (C=O) groups is 1. The van der Waals surface area contributed by atoms with E-state index in [1.807, 2.05) is 0 Å². The van der Waals surface area contributed by atoms with Crippen LogP contribution in [0.1, 0.15) is 296 Å². The van der Waals surface area contributed by atoms with E-state index in [0.29, 0.717) is 19.3 Å². The van der Waals surface area contributed by atoms with Crippen LogP contribution in [0.15, 0.2) is 24.3 Å². The quantitative estimate of drug-likeness (QED) is 0.0215. The summed E-state index contributed by atoms with van der Waals surface area (Å²) in [7, 11) is 0. The molecular formula is C62H119NO10. The van der Waals surface area contributed by atoms with Crippen molar-refractivity contribution in [2.75, 3.05) is 13.2 Å². The van der Waals surface area contributed by atoms with Crippen LogP contribution in [0, 0.1) is 0 Å². The predicted octanol–water partition coefficient (Wildman–Crippen LogP) is 13.7. The zero-order valence-corrected chi connectivity index (χ0v) is 47.4. The molecule has 1 aliphatic rings. The van der Waals surface area contributed by atoms with Gasteiger partial charge < -0.3 is 50.5 Å². The minimum atomic E-state index is -1.66. The first-order chi connectivity index (χ1) is 35.7. The molecule has 1 aliphatic heterocycles. The van der Waals surface area contributed by atoms with E-state index in [1.165, 1.54) is 205 Å². The molecule has 11 heteroatoms. The van der Waals surface area contributed by atoms with E-state index >= 15 is 0 Å². The van der Waals surface area contributed by atoms with Crippen LogP contribution in [0.4, 0.5) is 0 Å². The second kappa shape index (κ2) is 51.4. The van der Waals surface area contributed by atoms with E-state index in [4.69, 9.17) is 9.47 Å². The van der Waals surface area contributed by atoms with Gasteiger partial charge in [0, 0.05) is 0 Å². The highest BCUT2D eigenvalue weighted by Crippen LogP contribution is 2.24. The van der Waals surface area contributed by atoms with Crippen molar-refractivity contribution in [2.24, 2.45) is 0 Å². The summed E-state index contributed by atoms with van der Waals surface area (Å²) in [4.78, 5) is 13.2. The molecule has 0 aromatic carbocycles. The van der Waals surface area contributed by atoms with E-state index in [0.717, 1.165) is 51.4 Å². The molecule has 11 nitrogen and oxygen atoms in total. The molecule has 9 unspecified atom stereocenters. The third kappa shape index (κ3) is 39.6. The van der Waals surface area contributed by atoms with E-state index in [9.17, 15) is 40.5 Å². The second-order valence-corrected chi connectivity index (χ2v) is 22.1. The van der Waals surface area contributed by atoms with Crippen LogP contribution >= 0.6 is 0 Å². The van der Waals surface area contributed by atoms with Gasteiger partial charge >= 0.3 is 0 Å². The van der Waals surface area contributed by atoms with Gasteiger partial charge in [0.2, 0.25) is 5.91 Å². The van der Waals surface area contributed by atoms with E-state index in [1.54, 1.807) is 0 Å². The normalized spacial score (nSPS) is 20.0. The molecule has 9 atom stereocenters. The number of allylic oxidation sites excluding steroid dienone is 4. The number of amides is 1. The molecule has 432 valence electrons. The second-order valence-electron chi connectivity index (χ2n) is 22.1. The molecule has 1 amide bonds. The number of carbonyl (C=O) groups excluding carboxylic acids is 1. The van der Waals surface area contributed by atoms with Gasteiger partial charge in [0.1, 0.15) is 36.6 Å². The molecule has 8 N–H and O–H groups in total. The first-order valence-electron chi connectivity index (χ1n) is 31.2. The fourth-order valence-corrected chi connectivity index (χ4v) is 10.2. The predicted molar refractivity (Wildman–Crippen MR) is 302 cm³/mol. The lowest BCUT2D eigenvalue weighted by Gasteiger charge is -2.40. The molecule has 0 saturated carbocycles. The number of aliphatic hydroxyl groups excluding tert-OH is 7. The maximum absolute atomic E-state index is 13.2. The highest BCUT2D eigenvalue weighted by Gasteiger charge is 2.44. The summed E-state index contributed by atoms with van der Waals surface area (Å²) in [6.45, 7) is 3.40. The Balaban J connectivity index is 2.25. The van der Waals surface area contributed by atoms with Gasteiger partial charge in [-0.15, -0.1) is 0 Å². The lowest BCUT2D eigenvalue weighted by molar-refractivity contribution is -0.303. The molecule has 1 saturated heterocycles. The van der Waals surface area contributed by atoms with Crippen molar-refractivity contribution in [1.82, 2.24) is 5.32 Å². The van der Waals surface area contributed by atoms with Crippen molar-refractivity contribution in [3.8, 4) is 0 Å². The third-order valence-electron chi connectivity index (χ3n) is 15.3. The van der Waals surface area contributed by atoms with Gasteiger partial charge in [0.15, 0.2) is 6.29 Å². The lowest BCUT2D eigenvalue weighted by atomic mass is 9.98. The van der Waals surface area contributed by atoms with Gasteiger partial charge in [0.25, 0.3) is 0 Å². The van der Waals surface area contributed by atoms with E-state index in [2.05, 4.69) is 43.5 Å². The molecule has 1 rings (SSSR count). The van der Waals surface area contributed by atoms with Gasteiger partial charge in [0.05, 0.1) is 25.4 Å². The molecule has 0 aromatic heterocycles. The van der Waals surface area contributed by atoms with Gasteiger partial charge in [-0.25, -0.2) is 0 Å². The molecule has 0 spiro atoms. The fourth-order valence-electron chi connectivity index (χ4n) is 10.2. The van der Waals surface area contributed by atoms with Gasteiger partial charge in [-0.3, -0.25) is 4.79 Å². The standard InChI is InChI=1S/C62H119NO10/c1-3-5-7-9-11-13-15-17-19-21-23-25-26-27-28-29-30-32-33-35-37-39-41-43-45-47-49-54(65)57(67)53(52-72-62-60(70)59(69)58(68)56(51-64)73-62)63-61(71)55(66)50-48-46-44-42-40-38-36-34-31-24-22-20-18-16-14-12-10-8-6-4-2/h6,8,12,14,53-60,62,64-70H,3-5,7,9-11,13,15-52H2,1-2H3,(H,63,71)/b8-6-,14-12-. The largest absolute Gasteiger partial charge is 0.394 e. The SMILES string of the molecule is CC/C=C\C/C=C\CCCCCCCCCCCCCCCC(O)C(=O)NC(COC1OC(CO)C(O)C(O)C1O)C(O)C(O)CCCCCCCCCCCCCCCCCCCCCCCCCCCC. The van der Waals surface area contributed by atoms with Crippen molar-refractivity contribution in [2.45, 2.75) is 351 Å². The molecule has 0 bridgehead atoms. The minimum absolute atomic E-state index is 0.261. The summed E-state index contributed by atoms with van der Waals surface area (Å²) >= 11 is 0. The van der Waals surface area contributed by atoms with Gasteiger partial charge in [-0.2, -0.15) is 0 Å². The molecule has 0 radical (unpaired) electrons.